The average molecular weight is 218 g/mol. The molecule has 16 heavy (non-hydrogen) atoms. The van der Waals surface area contributed by atoms with Gasteiger partial charge in [-0.25, -0.2) is 0 Å². The first kappa shape index (κ1) is 11.5. The van der Waals surface area contributed by atoms with Crippen LogP contribution in [0.25, 0.3) is 0 Å². The van der Waals surface area contributed by atoms with Crippen LogP contribution in [0.4, 0.5) is 5.69 Å². The van der Waals surface area contributed by atoms with Crippen LogP contribution in [0.3, 0.4) is 0 Å². The van der Waals surface area contributed by atoms with E-state index in [1.807, 2.05) is 0 Å². The molecule has 0 amide bonds. The van der Waals surface area contributed by atoms with E-state index < -0.39 is 0 Å². The predicted molar refractivity (Wildman–Crippen MR) is 70.1 cm³/mol. The predicted octanol–water partition coefficient (Wildman–Crippen LogP) is 2.57. The van der Waals surface area contributed by atoms with E-state index >= 15 is 0 Å². The van der Waals surface area contributed by atoms with E-state index in [9.17, 15) is 0 Å². The van der Waals surface area contributed by atoms with Crippen molar-refractivity contribution < 1.29 is 0 Å². The third-order valence-electron chi connectivity index (χ3n) is 3.30. The normalized spacial score (nSPS) is 22.6. The smallest absolute Gasteiger partial charge is 0.0396 e. The van der Waals surface area contributed by atoms with E-state index in [4.69, 9.17) is 0 Å². The third kappa shape index (κ3) is 2.76. The van der Waals surface area contributed by atoms with Crippen LogP contribution < -0.4 is 10.2 Å². The summed E-state index contributed by atoms with van der Waals surface area (Å²) in [7, 11) is 0. The Morgan fingerprint density at radius 2 is 2.06 bits per heavy atom. The van der Waals surface area contributed by atoms with Crippen molar-refractivity contribution >= 4 is 5.69 Å². The van der Waals surface area contributed by atoms with Crippen LogP contribution in [0.1, 0.15) is 25.3 Å². The molecule has 0 spiro atoms. The Labute approximate surface area is 98.7 Å². The zero-order chi connectivity index (χ0) is 11.4. The Morgan fingerprint density at radius 1 is 1.25 bits per heavy atom. The van der Waals surface area contributed by atoms with Gasteiger partial charge in [0.15, 0.2) is 0 Å². The first-order valence-corrected chi connectivity index (χ1v) is 6.31. The Balaban J connectivity index is 2.14. The number of nitrogens with one attached hydrogen (secondary N) is 1. The van der Waals surface area contributed by atoms with Gasteiger partial charge in [-0.3, -0.25) is 0 Å². The number of hydrogen-bond donors (Lipinski definition) is 1. The largest absolute Gasteiger partial charge is 0.370 e. The van der Waals surface area contributed by atoms with Gasteiger partial charge < -0.3 is 10.2 Å². The monoisotopic (exact) mass is 218 g/mol. The molecule has 2 rings (SSSR count). The van der Waals surface area contributed by atoms with E-state index in [0.717, 1.165) is 6.54 Å². The molecule has 88 valence electrons. The highest BCUT2D eigenvalue weighted by Gasteiger charge is 2.14. The summed E-state index contributed by atoms with van der Waals surface area (Å²) in [6, 6.07) is 9.28. The van der Waals surface area contributed by atoms with Crippen molar-refractivity contribution in [2.45, 2.75) is 32.7 Å². The van der Waals surface area contributed by atoms with Crippen molar-refractivity contribution in [2.75, 3.05) is 24.5 Å². The molecule has 2 nitrogen and oxygen atoms in total. The number of anilines is 1. The van der Waals surface area contributed by atoms with E-state index in [1.165, 1.54) is 37.2 Å². The molecule has 0 aromatic heterocycles. The first-order chi connectivity index (χ1) is 7.77. The number of nitrogens with zero attached hydrogens (tertiary/aromatic N) is 1. The summed E-state index contributed by atoms with van der Waals surface area (Å²) < 4.78 is 0. The number of rotatable bonds is 1. The summed E-state index contributed by atoms with van der Waals surface area (Å²) in [5.41, 5.74) is 2.79. The highest BCUT2D eigenvalue weighted by molar-refractivity contribution is 5.53. The van der Waals surface area contributed by atoms with Crippen molar-refractivity contribution in [1.82, 2.24) is 5.32 Å². The standard InChI is InChI=1S/C14H22N2/c1-12-7-3-4-8-14(12)16-10-6-5-9-15-13(2)11-16/h3-4,7-8,13,15H,5-6,9-11H2,1-2H3. The lowest BCUT2D eigenvalue weighted by molar-refractivity contribution is 0.485. The lowest BCUT2D eigenvalue weighted by Gasteiger charge is -2.31. The van der Waals surface area contributed by atoms with Crippen molar-refractivity contribution in [2.24, 2.45) is 0 Å². The first-order valence-electron chi connectivity index (χ1n) is 6.31. The van der Waals surface area contributed by atoms with E-state index in [1.54, 1.807) is 0 Å². The molecule has 0 saturated carbocycles. The van der Waals surface area contributed by atoms with Gasteiger partial charge >= 0.3 is 0 Å². The second-order valence-electron chi connectivity index (χ2n) is 4.79. The summed E-state index contributed by atoms with van der Waals surface area (Å²) in [6.45, 7) is 7.95. The van der Waals surface area contributed by atoms with Gasteiger partial charge in [0.25, 0.3) is 0 Å². The fourth-order valence-corrected chi connectivity index (χ4v) is 2.40. The fourth-order valence-electron chi connectivity index (χ4n) is 2.40. The molecular formula is C14H22N2. The molecule has 1 heterocycles. The number of hydrogen-bond acceptors (Lipinski definition) is 2. The van der Waals surface area contributed by atoms with Crippen LogP contribution in [0.15, 0.2) is 24.3 Å². The topological polar surface area (TPSA) is 15.3 Å². The van der Waals surface area contributed by atoms with Gasteiger partial charge in [0.2, 0.25) is 0 Å². The molecule has 1 aliphatic heterocycles. The molecule has 1 aromatic carbocycles. The highest BCUT2D eigenvalue weighted by Crippen LogP contribution is 2.20. The van der Waals surface area contributed by atoms with E-state index in [-0.39, 0.29) is 0 Å². The van der Waals surface area contributed by atoms with Gasteiger partial charge in [-0.05, 0) is 44.9 Å². The molecular weight excluding hydrogens is 196 g/mol. The molecule has 2 heteroatoms. The summed E-state index contributed by atoms with van der Waals surface area (Å²) in [5.74, 6) is 0. The van der Waals surface area contributed by atoms with E-state index in [2.05, 4.69) is 48.3 Å². The molecule has 1 atom stereocenters. The molecule has 1 N–H and O–H groups in total. The van der Waals surface area contributed by atoms with Crippen molar-refractivity contribution in [1.29, 1.82) is 0 Å². The van der Waals surface area contributed by atoms with Gasteiger partial charge in [0.05, 0.1) is 0 Å². The van der Waals surface area contributed by atoms with Crippen LogP contribution >= 0.6 is 0 Å². The van der Waals surface area contributed by atoms with Gasteiger partial charge in [0.1, 0.15) is 0 Å². The van der Waals surface area contributed by atoms with Gasteiger partial charge in [-0.1, -0.05) is 18.2 Å². The quantitative estimate of drug-likeness (QED) is 0.779. The fraction of sp³-hybridized carbons (Fsp3) is 0.571. The van der Waals surface area contributed by atoms with Crippen LogP contribution in [0.2, 0.25) is 0 Å². The van der Waals surface area contributed by atoms with Crippen molar-refractivity contribution in [3.63, 3.8) is 0 Å². The minimum atomic E-state index is 0.583. The summed E-state index contributed by atoms with van der Waals surface area (Å²) in [5, 5.41) is 3.56. The highest BCUT2D eigenvalue weighted by atomic mass is 15.2. The van der Waals surface area contributed by atoms with Crippen molar-refractivity contribution in [3.05, 3.63) is 29.8 Å². The zero-order valence-corrected chi connectivity index (χ0v) is 10.4. The maximum absolute atomic E-state index is 3.56. The molecule has 1 aromatic rings. The Hall–Kier alpha value is -1.02. The number of benzene rings is 1. The second kappa shape index (κ2) is 5.35. The molecule has 1 saturated heterocycles. The van der Waals surface area contributed by atoms with E-state index in [0.29, 0.717) is 6.04 Å². The summed E-state index contributed by atoms with van der Waals surface area (Å²) in [4.78, 5) is 2.52. The zero-order valence-electron chi connectivity index (χ0n) is 10.4. The minimum absolute atomic E-state index is 0.583. The molecule has 0 aliphatic carbocycles. The molecule has 1 unspecified atom stereocenters. The van der Waals surface area contributed by atoms with Gasteiger partial charge in [0, 0.05) is 24.8 Å². The Morgan fingerprint density at radius 3 is 2.88 bits per heavy atom. The summed E-state index contributed by atoms with van der Waals surface area (Å²) >= 11 is 0. The maximum atomic E-state index is 3.56. The molecule has 0 radical (unpaired) electrons. The number of aryl methyl sites for hydroxylation is 1. The lowest BCUT2D eigenvalue weighted by atomic mass is 10.1. The molecule has 1 fully saturated rings. The van der Waals surface area contributed by atoms with Gasteiger partial charge in [-0.15, -0.1) is 0 Å². The summed E-state index contributed by atoms with van der Waals surface area (Å²) in [6.07, 6.45) is 2.57. The average Bonchev–Trinajstić information content (AvgIpc) is 2.24. The minimum Gasteiger partial charge on any atom is -0.370 e. The third-order valence-corrected chi connectivity index (χ3v) is 3.30. The van der Waals surface area contributed by atoms with Crippen LogP contribution in [0, 0.1) is 6.92 Å². The van der Waals surface area contributed by atoms with Crippen LogP contribution in [-0.2, 0) is 0 Å². The lowest BCUT2D eigenvalue weighted by Crippen LogP contribution is -2.42. The SMILES string of the molecule is Cc1ccccc1N1CCCCNC(C)C1. The Kier molecular flexibility index (Phi) is 3.83. The van der Waals surface area contributed by atoms with Gasteiger partial charge in [-0.2, -0.15) is 0 Å². The molecule has 0 bridgehead atoms. The Bertz CT molecular complexity index is 335. The van der Waals surface area contributed by atoms with Crippen molar-refractivity contribution in [3.8, 4) is 0 Å². The molecule has 1 aliphatic rings. The second-order valence-corrected chi connectivity index (χ2v) is 4.79. The maximum Gasteiger partial charge on any atom is 0.0396 e. The van der Waals surface area contributed by atoms with Crippen LogP contribution in [0.5, 0.6) is 0 Å². The number of para-hydroxylation sites is 1. The van der Waals surface area contributed by atoms with Crippen LogP contribution in [-0.4, -0.2) is 25.7 Å².